The average Bonchev–Trinajstić information content (AvgIpc) is 3.36. The maximum absolute atomic E-state index is 4.72. The van der Waals surface area contributed by atoms with Gasteiger partial charge in [0.2, 0.25) is 5.16 Å². The number of tetrazole rings is 1. The monoisotopic (exact) mass is 378 g/mol. The number of rotatable bonds is 4. The molecule has 0 bridgehead atoms. The lowest BCUT2D eigenvalue weighted by Crippen LogP contribution is -2.15. The van der Waals surface area contributed by atoms with Gasteiger partial charge in [-0.15, -0.1) is 15.3 Å². The first-order valence-corrected chi connectivity index (χ1v) is 9.94. The van der Waals surface area contributed by atoms with Crippen LogP contribution in [0.5, 0.6) is 0 Å². The summed E-state index contributed by atoms with van der Waals surface area (Å²) in [5.74, 6) is 0.722. The Balaban J connectivity index is 1.47. The zero-order chi connectivity index (χ0) is 18.1. The Bertz CT molecular complexity index is 1050. The van der Waals surface area contributed by atoms with E-state index in [1.165, 1.54) is 31.0 Å². The van der Waals surface area contributed by atoms with E-state index >= 15 is 0 Å². The Morgan fingerprint density at radius 1 is 0.889 bits per heavy atom. The molecule has 8 nitrogen and oxygen atoms in total. The van der Waals surface area contributed by atoms with Crippen molar-refractivity contribution in [1.29, 1.82) is 0 Å². The van der Waals surface area contributed by atoms with Gasteiger partial charge in [-0.3, -0.25) is 0 Å². The Morgan fingerprint density at radius 3 is 2.59 bits per heavy atom. The van der Waals surface area contributed by atoms with E-state index in [1.807, 2.05) is 47.1 Å². The van der Waals surface area contributed by atoms with E-state index in [9.17, 15) is 0 Å². The zero-order valence-corrected chi connectivity index (χ0v) is 15.5. The van der Waals surface area contributed by atoms with E-state index in [2.05, 4.69) is 25.7 Å². The molecule has 0 aliphatic heterocycles. The van der Waals surface area contributed by atoms with Crippen molar-refractivity contribution in [2.24, 2.45) is 0 Å². The van der Waals surface area contributed by atoms with Crippen LogP contribution in [0, 0.1) is 0 Å². The fraction of sp³-hybridized carbons (Fsp3) is 0.333. The van der Waals surface area contributed by atoms with Gasteiger partial charge in [0.25, 0.3) is 0 Å². The highest BCUT2D eigenvalue weighted by Gasteiger charge is 2.21. The molecule has 1 aliphatic rings. The van der Waals surface area contributed by atoms with Gasteiger partial charge >= 0.3 is 0 Å². The minimum atomic E-state index is 0.384. The number of hydrogen-bond donors (Lipinski definition) is 0. The minimum Gasteiger partial charge on any atom is -0.217 e. The molecular formula is C18H18N8S. The second-order valence-electron chi connectivity index (χ2n) is 6.63. The van der Waals surface area contributed by atoms with Crippen LogP contribution in [-0.4, -0.2) is 40.0 Å². The summed E-state index contributed by atoms with van der Waals surface area (Å²) < 4.78 is 3.73. The van der Waals surface area contributed by atoms with E-state index in [0.29, 0.717) is 11.7 Å². The van der Waals surface area contributed by atoms with E-state index < -0.39 is 0 Å². The van der Waals surface area contributed by atoms with Crippen molar-refractivity contribution in [2.45, 2.75) is 48.3 Å². The second kappa shape index (κ2) is 7.07. The maximum atomic E-state index is 4.72. The van der Waals surface area contributed by atoms with Crippen LogP contribution in [0.15, 0.2) is 52.6 Å². The van der Waals surface area contributed by atoms with Gasteiger partial charge in [0.05, 0.1) is 6.04 Å². The molecule has 0 spiro atoms. The van der Waals surface area contributed by atoms with Crippen molar-refractivity contribution in [1.82, 2.24) is 40.0 Å². The first-order chi connectivity index (χ1) is 13.4. The smallest absolute Gasteiger partial charge is 0.215 e. The molecule has 0 unspecified atom stereocenters. The Labute approximate surface area is 160 Å². The Hall–Kier alpha value is -2.81. The van der Waals surface area contributed by atoms with Gasteiger partial charge < -0.3 is 0 Å². The molecule has 0 radical (unpaired) electrons. The van der Waals surface area contributed by atoms with Crippen molar-refractivity contribution in [3.8, 4) is 11.4 Å². The van der Waals surface area contributed by atoms with Gasteiger partial charge in [0.15, 0.2) is 11.5 Å². The number of nitrogens with zero attached hydrogens (tertiary/aromatic N) is 8. The largest absolute Gasteiger partial charge is 0.217 e. The van der Waals surface area contributed by atoms with Gasteiger partial charge in [-0.1, -0.05) is 49.6 Å². The predicted octanol–water partition coefficient (Wildman–Crippen LogP) is 3.43. The quantitative estimate of drug-likeness (QED) is 0.537. The molecule has 9 heteroatoms. The third-order valence-corrected chi connectivity index (χ3v) is 5.73. The molecule has 3 aromatic heterocycles. The first-order valence-electron chi connectivity index (χ1n) is 9.12. The Kier molecular flexibility index (Phi) is 4.29. The number of aromatic nitrogens is 8. The SMILES string of the molecule is c1ccc(-c2nnc3ccc(Sc4nnnn4C4CCCCC4)nn23)cc1. The molecule has 3 heterocycles. The summed E-state index contributed by atoms with van der Waals surface area (Å²) in [4.78, 5) is 0. The van der Waals surface area contributed by atoms with E-state index in [0.717, 1.165) is 34.4 Å². The molecule has 1 aromatic carbocycles. The molecule has 1 saturated carbocycles. The summed E-state index contributed by atoms with van der Waals surface area (Å²) in [5.41, 5.74) is 1.69. The van der Waals surface area contributed by atoms with Gasteiger partial charge in [-0.05, 0) is 47.2 Å². The highest BCUT2D eigenvalue weighted by molar-refractivity contribution is 7.99. The van der Waals surface area contributed by atoms with Crippen molar-refractivity contribution in [2.75, 3.05) is 0 Å². The van der Waals surface area contributed by atoms with Crippen LogP contribution in [0.3, 0.4) is 0 Å². The van der Waals surface area contributed by atoms with Crippen LogP contribution in [0.25, 0.3) is 17.0 Å². The first kappa shape index (κ1) is 16.4. The van der Waals surface area contributed by atoms with Gasteiger partial charge in [0, 0.05) is 5.56 Å². The van der Waals surface area contributed by atoms with Crippen LogP contribution in [0.1, 0.15) is 38.1 Å². The summed E-state index contributed by atoms with van der Waals surface area (Å²) in [6.07, 6.45) is 6.04. The van der Waals surface area contributed by atoms with Crippen molar-refractivity contribution >= 4 is 17.4 Å². The maximum Gasteiger partial charge on any atom is 0.215 e. The fourth-order valence-electron chi connectivity index (χ4n) is 3.49. The summed E-state index contributed by atoms with van der Waals surface area (Å²) in [6.45, 7) is 0. The van der Waals surface area contributed by atoms with Gasteiger partial charge in [0.1, 0.15) is 5.03 Å². The molecule has 0 saturated heterocycles. The Morgan fingerprint density at radius 2 is 1.74 bits per heavy atom. The average molecular weight is 378 g/mol. The van der Waals surface area contributed by atoms with Crippen molar-refractivity contribution in [3.05, 3.63) is 42.5 Å². The van der Waals surface area contributed by atoms with Crippen LogP contribution in [0.2, 0.25) is 0 Å². The van der Waals surface area contributed by atoms with Gasteiger partial charge in [-0.25, -0.2) is 4.68 Å². The predicted molar refractivity (Wildman–Crippen MR) is 100 cm³/mol. The van der Waals surface area contributed by atoms with E-state index in [4.69, 9.17) is 5.10 Å². The molecule has 1 fully saturated rings. The second-order valence-corrected chi connectivity index (χ2v) is 7.62. The van der Waals surface area contributed by atoms with E-state index in [-0.39, 0.29) is 0 Å². The van der Waals surface area contributed by atoms with Crippen LogP contribution >= 0.6 is 11.8 Å². The summed E-state index contributed by atoms with van der Waals surface area (Å²) in [6, 6.07) is 14.2. The molecule has 0 N–H and O–H groups in total. The highest BCUT2D eigenvalue weighted by Crippen LogP contribution is 2.32. The number of hydrogen-bond acceptors (Lipinski definition) is 7. The fourth-order valence-corrected chi connectivity index (χ4v) is 4.30. The molecule has 27 heavy (non-hydrogen) atoms. The number of benzene rings is 1. The molecule has 4 aromatic rings. The lowest BCUT2D eigenvalue weighted by molar-refractivity contribution is 0.307. The van der Waals surface area contributed by atoms with Crippen molar-refractivity contribution < 1.29 is 0 Å². The molecule has 0 amide bonds. The zero-order valence-electron chi connectivity index (χ0n) is 14.6. The van der Waals surface area contributed by atoms with Crippen molar-refractivity contribution in [3.63, 3.8) is 0 Å². The molecule has 0 atom stereocenters. The summed E-state index contributed by atoms with van der Waals surface area (Å²) in [7, 11) is 0. The normalized spacial score (nSPS) is 15.4. The standard InChI is InChI=1S/C18H18N8S/c1-3-7-13(8-4-1)17-20-19-15-11-12-16(22-26(15)17)27-18-21-23-24-25(18)14-9-5-2-6-10-14/h1,3-4,7-8,11-12,14H,2,5-6,9-10H2. The lowest BCUT2D eigenvalue weighted by Gasteiger charge is -2.21. The third kappa shape index (κ3) is 3.18. The molecule has 1 aliphatic carbocycles. The van der Waals surface area contributed by atoms with Gasteiger partial charge in [-0.2, -0.15) is 9.61 Å². The third-order valence-electron chi connectivity index (χ3n) is 4.85. The topological polar surface area (TPSA) is 86.7 Å². The molecule has 5 rings (SSSR count). The minimum absolute atomic E-state index is 0.384. The molecule has 136 valence electrons. The van der Waals surface area contributed by atoms with Crippen LogP contribution in [0.4, 0.5) is 0 Å². The number of fused-ring (bicyclic) bond motifs is 1. The van der Waals surface area contributed by atoms with Crippen LogP contribution in [-0.2, 0) is 0 Å². The molecular weight excluding hydrogens is 360 g/mol. The van der Waals surface area contributed by atoms with Crippen LogP contribution < -0.4 is 0 Å². The summed E-state index contributed by atoms with van der Waals surface area (Å²) >= 11 is 1.48. The highest BCUT2D eigenvalue weighted by atomic mass is 32.2. The van der Waals surface area contributed by atoms with E-state index in [1.54, 1.807) is 4.52 Å². The summed E-state index contributed by atoms with van der Waals surface area (Å²) in [5, 5.41) is 27.2. The lowest BCUT2D eigenvalue weighted by atomic mass is 9.96.